The van der Waals surface area contributed by atoms with E-state index < -0.39 is 34.1 Å². The molecule has 202 valence electrons. The van der Waals surface area contributed by atoms with E-state index in [9.17, 15) is 19.2 Å². The highest BCUT2D eigenvalue weighted by molar-refractivity contribution is 5.78. The minimum atomic E-state index is -0.856. The van der Waals surface area contributed by atoms with Gasteiger partial charge in [-0.2, -0.15) is 0 Å². The van der Waals surface area contributed by atoms with Crippen LogP contribution in [-0.2, 0) is 23.8 Å². The van der Waals surface area contributed by atoms with Gasteiger partial charge in [0, 0.05) is 26.2 Å². The lowest BCUT2D eigenvalue weighted by molar-refractivity contribution is -0.154. The van der Waals surface area contributed by atoms with Gasteiger partial charge in [0.05, 0.1) is 17.9 Å². The molecule has 2 amide bonds. The molecule has 0 spiro atoms. The van der Waals surface area contributed by atoms with Crippen LogP contribution in [0.25, 0.3) is 0 Å². The molecule has 0 bridgehead atoms. The fourth-order valence-electron chi connectivity index (χ4n) is 4.03. The van der Waals surface area contributed by atoms with Crippen molar-refractivity contribution in [2.75, 3.05) is 33.3 Å². The number of piperidine rings is 2. The van der Waals surface area contributed by atoms with Crippen molar-refractivity contribution in [2.45, 2.75) is 92.3 Å². The number of esters is 1. The molecule has 2 rings (SSSR count). The molecular formula is C25H44N2O8. The topological polar surface area (TPSA) is 123 Å². The first-order valence-electron chi connectivity index (χ1n) is 12.1. The Labute approximate surface area is 209 Å². The lowest BCUT2D eigenvalue weighted by Crippen LogP contribution is -2.50. The first-order chi connectivity index (χ1) is 15.8. The third kappa shape index (κ3) is 9.57. The standard InChI is InChI=1S/C13H23NO4.C12H21NO4/c1-12(2,3)18-11(16)14-8-6-7-13(4,9-14)10(15)17-5;1-11(2,3)17-10(16)13-7-5-6-12(4,8-13)9(14)15/h6-9H2,1-5H3;5-8H2,1-4H3,(H,14,15). The van der Waals surface area contributed by atoms with E-state index in [4.69, 9.17) is 19.3 Å². The van der Waals surface area contributed by atoms with Crippen molar-refractivity contribution in [1.29, 1.82) is 0 Å². The predicted molar refractivity (Wildman–Crippen MR) is 130 cm³/mol. The monoisotopic (exact) mass is 500 g/mol. The lowest BCUT2D eigenvalue weighted by Gasteiger charge is -2.38. The van der Waals surface area contributed by atoms with Crippen molar-refractivity contribution in [3.05, 3.63) is 0 Å². The van der Waals surface area contributed by atoms with Crippen molar-refractivity contribution in [1.82, 2.24) is 9.80 Å². The summed E-state index contributed by atoms with van der Waals surface area (Å²) < 4.78 is 15.4. The number of carboxylic acids is 1. The summed E-state index contributed by atoms with van der Waals surface area (Å²) in [5.41, 5.74) is -2.54. The Morgan fingerprint density at radius 2 is 1.11 bits per heavy atom. The summed E-state index contributed by atoms with van der Waals surface area (Å²) in [5, 5.41) is 9.15. The molecule has 0 aliphatic carbocycles. The average Bonchev–Trinajstić information content (AvgIpc) is 2.71. The highest BCUT2D eigenvalue weighted by Gasteiger charge is 2.42. The maximum absolute atomic E-state index is 12.0. The van der Waals surface area contributed by atoms with Gasteiger partial charge in [0.1, 0.15) is 11.2 Å². The highest BCUT2D eigenvalue weighted by Crippen LogP contribution is 2.32. The number of hydrogen-bond acceptors (Lipinski definition) is 7. The molecule has 35 heavy (non-hydrogen) atoms. The SMILES string of the molecule is CC(C)(C)OC(=O)N1CCCC(C)(C(=O)O)C1.COC(=O)C1(C)CCCN(C(=O)OC(C)(C)C)C1. The van der Waals surface area contributed by atoms with E-state index in [0.29, 0.717) is 32.5 Å². The fourth-order valence-corrected chi connectivity index (χ4v) is 4.03. The summed E-state index contributed by atoms with van der Waals surface area (Å²) in [6.07, 6.45) is 2.02. The Hall–Kier alpha value is -2.52. The molecule has 1 N–H and O–H groups in total. The van der Waals surface area contributed by atoms with Gasteiger partial charge in [-0.15, -0.1) is 0 Å². The largest absolute Gasteiger partial charge is 0.481 e. The molecule has 2 heterocycles. The molecule has 2 fully saturated rings. The van der Waals surface area contributed by atoms with Gasteiger partial charge >= 0.3 is 24.1 Å². The van der Waals surface area contributed by atoms with Crippen LogP contribution in [0.5, 0.6) is 0 Å². The highest BCUT2D eigenvalue weighted by atomic mass is 16.6. The van der Waals surface area contributed by atoms with Crippen molar-refractivity contribution < 1.29 is 38.5 Å². The van der Waals surface area contributed by atoms with Gasteiger partial charge in [-0.1, -0.05) is 0 Å². The summed E-state index contributed by atoms with van der Waals surface area (Å²) in [5.74, 6) is -1.12. The number of methoxy groups -OCH3 is 1. The van der Waals surface area contributed by atoms with E-state index in [1.165, 1.54) is 12.0 Å². The minimum absolute atomic E-state index is 0.219. The van der Waals surface area contributed by atoms with Crippen LogP contribution in [0, 0.1) is 10.8 Å². The van der Waals surface area contributed by atoms with Crippen LogP contribution in [0.4, 0.5) is 9.59 Å². The molecule has 0 aromatic heterocycles. The molecule has 2 aliphatic rings. The number of hydrogen-bond donors (Lipinski definition) is 1. The third-order valence-corrected chi connectivity index (χ3v) is 5.89. The van der Waals surface area contributed by atoms with E-state index >= 15 is 0 Å². The van der Waals surface area contributed by atoms with Crippen LogP contribution in [0.15, 0.2) is 0 Å². The first-order valence-corrected chi connectivity index (χ1v) is 12.1. The molecule has 0 aromatic rings. The summed E-state index contributed by atoms with van der Waals surface area (Å²) >= 11 is 0. The Kier molecular flexibility index (Phi) is 10.0. The summed E-state index contributed by atoms with van der Waals surface area (Å²) in [4.78, 5) is 49.8. The molecule has 2 saturated heterocycles. The Morgan fingerprint density at radius 3 is 1.46 bits per heavy atom. The number of likely N-dealkylation sites (tertiary alicyclic amines) is 2. The first kappa shape index (κ1) is 30.5. The zero-order chi connectivity index (χ0) is 27.2. The molecular weight excluding hydrogens is 456 g/mol. The van der Waals surface area contributed by atoms with Crippen LogP contribution in [0.2, 0.25) is 0 Å². The molecule has 0 aromatic carbocycles. The number of carbonyl (C=O) groups is 4. The van der Waals surface area contributed by atoms with Crippen LogP contribution < -0.4 is 0 Å². The predicted octanol–water partition coefficient (Wildman–Crippen LogP) is 4.30. The molecule has 0 saturated carbocycles. The maximum Gasteiger partial charge on any atom is 0.410 e. The van der Waals surface area contributed by atoms with E-state index in [2.05, 4.69) is 0 Å². The second kappa shape index (κ2) is 11.5. The number of carbonyl (C=O) groups excluding carboxylic acids is 3. The Balaban J connectivity index is 0.000000351. The van der Waals surface area contributed by atoms with E-state index in [0.717, 1.165) is 12.8 Å². The smallest absolute Gasteiger partial charge is 0.410 e. The van der Waals surface area contributed by atoms with E-state index in [1.54, 1.807) is 32.6 Å². The summed E-state index contributed by atoms with van der Waals surface area (Å²) in [6, 6.07) is 0. The van der Waals surface area contributed by atoms with E-state index in [1.807, 2.05) is 27.7 Å². The minimum Gasteiger partial charge on any atom is -0.481 e. The zero-order valence-electron chi connectivity index (χ0n) is 22.9. The molecule has 10 nitrogen and oxygen atoms in total. The Morgan fingerprint density at radius 1 is 0.743 bits per heavy atom. The van der Waals surface area contributed by atoms with Gasteiger partial charge in [-0.3, -0.25) is 9.59 Å². The molecule has 0 radical (unpaired) electrons. The van der Waals surface area contributed by atoms with E-state index in [-0.39, 0.29) is 18.6 Å². The number of nitrogens with zero attached hydrogens (tertiary/aromatic N) is 2. The summed E-state index contributed by atoms with van der Waals surface area (Å²) in [7, 11) is 1.38. The third-order valence-electron chi connectivity index (χ3n) is 5.89. The number of rotatable bonds is 2. The summed E-state index contributed by atoms with van der Waals surface area (Å²) in [6.45, 7) is 16.1. The van der Waals surface area contributed by atoms with Gasteiger partial charge < -0.3 is 29.1 Å². The van der Waals surface area contributed by atoms with Gasteiger partial charge in [-0.05, 0) is 81.1 Å². The molecule has 10 heteroatoms. The zero-order valence-corrected chi connectivity index (χ0v) is 22.9. The second-order valence-electron chi connectivity index (χ2n) is 11.9. The van der Waals surface area contributed by atoms with Crippen LogP contribution in [0.3, 0.4) is 0 Å². The van der Waals surface area contributed by atoms with Crippen LogP contribution >= 0.6 is 0 Å². The molecule has 2 unspecified atom stereocenters. The average molecular weight is 501 g/mol. The van der Waals surface area contributed by atoms with Crippen molar-refractivity contribution in [3.63, 3.8) is 0 Å². The van der Waals surface area contributed by atoms with Gasteiger partial charge in [0.15, 0.2) is 0 Å². The molecule has 2 atom stereocenters. The molecule has 2 aliphatic heterocycles. The quantitative estimate of drug-likeness (QED) is 0.440. The Bertz CT molecular complexity index is 785. The van der Waals surface area contributed by atoms with Crippen LogP contribution in [0.1, 0.15) is 81.1 Å². The fraction of sp³-hybridized carbons (Fsp3) is 0.840. The maximum atomic E-state index is 12.0. The normalized spacial score (nSPS) is 25.1. The van der Waals surface area contributed by atoms with Gasteiger partial charge in [0.2, 0.25) is 0 Å². The van der Waals surface area contributed by atoms with Gasteiger partial charge in [0.25, 0.3) is 0 Å². The number of carboxylic acid groups (broad SMARTS) is 1. The van der Waals surface area contributed by atoms with Crippen LogP contribution in [-0.4, -0.2) is 83.5 Å². The van der Waals surface area contributed by atoms with Gasteiger partial charge in [-0.25, -0.2) is 9.59 Å². The number of amides is 2. The number of aliphatic carboxylic acids is 1. The second-order valence-corrected chi connectivity index (χ2v) is 11.9. The van der Waals surface area contributed by atoms with Crippen molar-refractivity contribution in [3.8, 4) is 0 Å². The lowest BCUT2D eigenvalue weighted by atomic mass is 9.82. The van der Waals surface area contributed by atoms with Crippen molar-refractivity contribution in [2.24, 2.45) is 10.8 Å². The number of ether oxygens (including phenoxy) is 3. The van der Waals surface area contributed by atoms with Crippen molar-refractivity contribution >= 4 is 24.1 Å².